The molecule has 0 spiro atoms. The van der Waals surface area contributed by atoms with Crippen LogP contribution in [0.4, 0.5) is 18.9 Å². The van der Waals surface area contributed by atoms with E-state index in [9.17, 15) is 18.0 Å². The highest BCUT2D eigenvalue weighted by Crippen LogP contribution is 2.31. The molecule has 0 atom stereocenters. The first-order valence-corrected chi connectivity index (χ1v) is 10.5. The molecule has 0 radical (unpaired) electrons. The molecule has 0 bridgehead atoms. The molecule has 1 aliphatic heterocycles. The van der Waals surface area contributed by atoms with Gasteiger partial charge in [-0.3, -0.25) is 4.79 Å². The van der Waals surface area contributed by atoms with Crippen LogP contribution in [0.2, 0.25) is 0 Å². The van der Waals surface area contributed by atoms with Crippen LogP contribution >= 0.6 is 0 Å². The van der Waals surface area contributed by atoms with Gasteiger partial charge < -0.3 is 19.8 Å². The standard InChI is InChI=1S/C22H24F3N5O2/c1-13(2)32-18-10-20-28-16(14-6-8-26-9-7-14)11-30(20)12-17(18)29-21(31)15-4-3-5-19(27-15)22(23,24)25/h3-5,10-14,26H,6-9H2,1-2H3,(H,29,31). The number of piperidine rings is 1. The summed E-state index contributed by atoms with van der Waals surface area (Å²) in [6.45, 7) is 5.56. The number of carbonyl (C=O) groups is 1. The number of pyridine rings is 2. The van der Waals surface area contributed by atoms with Gasteiger partial charge in [0.1, 0.15) is 28.5 Å². The van der Waals surface area contributed by atoms with E-state index in [0.717, 1.165) is 43.8 Å². The summed E-state index contributed by atoms with van der Waals surface area (Å²) in [5, 5.41) is 5.97. The summed E-state index contributed by atoms with van der Waals surface area (Å²) in [4.78, 5) is 20.9. The number of nitrogens with one attached hydrogen (secondary N) is 2. The first-order chi connectivity index (χ1) is 15.2. The van der Waals surface area contributed by atoms with Gasteiger partial charge in [0.05, 0.1) is 11.8 Å². The molecule has 1 fully saturated rings. The van der Waals surface area contributed by atoms with E-state index in [1.54, 1.807) is 16.7 Å². The largest absolute Gasteiger partial charge is 0.489 e. The van der Waals surface area contributed by atoms with Crippen LogP contribution in [0.15, 0.2) is 36.7 Å². The van der Waals surface area contributed by atoms with Crippen molar-refractivity contribution in [3.8, 4) is 5.75 Å². The van der Waals surface area contributed by atoms with Gasteiger partial charge in [0.15, 0.2) is 0 Å². The average molecular weight is 447 g/mol. The van der Waals surface area contributed by atoms with E-state index in [0.29, 0.717) is 23.0 Å². The van der Waals surface area contributed by atoms with Crippen LogP contribution in [0.1, 0.15) is 54.5 Å². The maximum absolute atomic E-state index is 13.0. The maximum atomic E-state index is 13.0. The Morgan fingerprint density at radius 1 is 1.22 bits per heavy atom. The number of rotatable bonds is 5. The zero-order valence-corrected chi connectivity index (χ0v) is 17.7. The number of carbonyl (C=O) groups excluding carboxylic acids is 1. The highest BCUT2D eigenvalue weighted by atomic mass is 19.4. The lowest BCUT2D eigenvalue weighted by molar-refractivity contribution is -0.141. The molecule has 1 saturated heterocycles. The second kappa shape index (κ2) is 8.78. The van der Waals surface area contributed by atoms with E-state index in [4.69, 9.17) is 9.72 Å². The Balaban J connectivity index is 1.66. The van der Waals surface area contributed by atoms with Crippen LogP contribution in [0, 0.1) is 0 Å². The second-order valence-corrected chi connectivity index (χ2v) is 8.03. The Bertz CT molecular complexity index is 1120. The zero-order valence-electron chi connectivity index (χ0n) is 17.7. The number of anilines is 1. The summed E-state index contributed by atoms with van der Waals surface area (Å²) in [6, 6.07) is 4.93. The minimum Gasteiger partial charge on any atom is -0.489 e. The first kappa shape index (κ1) is 22.1. The van der Waals surface area contributed by atoms with Gasteiger partial charge in [0.2, 0.25) is 0 Å². The number of amides is 1. The van der Waals surface area contributed by atoms with Crippen LogP contribution in [0.25, 0.3) is 5.65 Å². The smallest absolute Gasteiger partial charge is 0.433 e. The van der Waals surface area contributed by atoms with Gasteiger partial charge in [0.25, 0.3) is 5.91 Å². The molecular formula is C22H24F3N5O2. The van der Waals surface area contributed by atoms with Crippen LogP contribution in [-0.2, 0) is 6.18 Å². The number of hydrogen-bond acceptors (Lipinski definition) is 5. The number of halogens is 3. The number of ether oxygens (including phenoxy) is 1. The molecule has 1 aliphatic rings. The lowest BCUT2D eigenvalue weighted by Gasteiger charge is -2.20. The van der Waals surface area contributed by atoms with Crippen LogP contribution in [-0.4, -0.2) is 39.5 Å². The third kappa shape index (κ3) is 4.85. The summed E-state index contributed by atoms with van der Waals surface area (Å²) in [6.07, 6.45) is 0.745. The Labute approximate surface area is 183 Å². The topological polar surface area (TPSA) is 80.5 Å². The van der Waals surface area contributed by atoms with Crippen molar-refractivity contribution in [1.82, 2.24) is 19.7 Å². The molecule has 32 heavy (non-hydrogen) atoms. The van der Waals surface area contributed by atoms with Gasteiger partial charge in [-0.1, -0.05) is 6.07 Å². The SMILES string of the molecule is CC(C)Oc1cc2nc(C3CCNCC3)cn2cc1NC(=O)c1cccc(C(F)(F)F)n1. The summed E-state index contributed by atoms with van der Waals surface area (Å²) < 4.78 is 46.5. The molecule has 2 N–H and O–H groups in total. The minimum absolute atomic E-state index is 0.182. The summed E-state index contributed by atoms with van der Waals surface area (Å²) in [7, 11) is 0. The fourth-order valence-corrected chi connectivity index (χ4v) is 3.70. The number of imidazole rings is 1. The van der Waals surface area contributed by atoms with E-state index in [1.807, 2.05) is 20.0 Å². The molecule has 1 amide bonds. The number of aromatic nitrogens is 3. The summed E-state index contributed by atoms with van der Waals surface area (Å²) in [5.41, 5.74) is 0.496. The third-order valence-corrected chi connectivity index (χ3v) is 5.21. The third-order valence-electron chi connectivity index (χ3n) is 5.21. The van der Waals surface area contributed by atoms with E-state index in [1.165, 1.54) is 6.07 Å². The molecule has 0 aliphatic carbocycles. The van der Waals surface area contributed by atoms with Gasteiger partial charge in [0, 0.05) is 24.4 Å². The summed E-state index contributed by atoms with van der Waals surface area (Å²) in [5.74, 6) is -0.0315. The summed E-state index contributed by atoms with van der Waals surface area (Å²) >= 11 is 0. The predicted octanol–water partition coefficient (Wildman–Crippen LogP) is 4.25. The molecular weight excluding hydrogens is 423 g/mol. The Morgan fingerprint density at radius 2 is 1.97 bits per heavy atom. The van der Waals surface area contributed by atoms with Gasteiger partial charge in [-0.25, -0.2) is 9.97 Å². The molecule has 4 heterocycles. The number of alkyl halides is 3. The normalized spacial score (nSPS) is 15.3. The molecule has 10 heteroatoms. The Hall–Kier alpha value is -3.14. The number of fused-ring (bicyclic) bond motifs is 1. The van der Waals surface area contributed by atoms with Crippen molar-refractivity contribution in [3.05, 3.63) is 53.7 Å². The van der Waals surface area contributed by atoms with E-state index in [-0.39, 0.29) is 11.8 Å². The number of hydrogen-bond donors (Lipinski definition) is 2. The Morgan fingerprint density at radius 3 is 2.66 bits per heavy atom. The molecule has 0 aromatic carbocycles. The zero-order chi connectivity index (χ0) is 22.9. The lowest BCUT2D eigenvalue weighted by Crippen LogP contribution is -2.26. The highest BCUT2D eigenvalue weighted by Gasteiger charge is 2.33. The van der Waals surface area contributed by atoms with Crippen molar-refractivity contribution >= 4 is 17.2 Å². The monoisotopic (exact) mass is 447 g/mol. The van der Waals surface area contributed by atoms with Gasteiger partial charge >= 0.3 is 6.18 Å². The van der Waals surface area contributed by atoms with Gasteiger partial charge in [-0.15, -0.1) is 0 Å². The quantitative estimate of drug-likeness (QED) is 0.611. The minimum atomic E-state index is -4.64. The first-order valence-electron chi connectivity index (χ1n) is 10.5. The highest BCUT2D eigenvalue weighted by molar-refractivity contribution is 6.03. The van der Waals surface area contributed by atoms with E-state index in [2.05, 4.69) is 15.6 Å². The average Bonchev–Trinajstić information content (AvgIpc) is 3.16. The molecule has 170 valence electrons. The van der Waals surface area contributed by atoms with E-state index < -0.39 is 17.8 Å². The molecule has 0 saturated carbocycles. The van der Waals surface area contributed by atoms with Crippen molar-refractivity contribution < 1.29 is 22.7 Å². The molecule has 0 unspecified atom stereocenters. The van der Waals surface area contributed by atoms with Gasteiger partial charge in [-0.2, -0.15) is 13.2 Å². The molecule has 3 aromatic rings. The maximum Gasteiger partial charge on any atom is 0.433 e. The van der Waals surface area contributed by atoms with Crippen molar-refractivity contribution in [2.75, 3.05) is 18.4 Å². The van der Waals surface area contributed by atoms with Crippen molar-refractivity contribution in [1.29, 1.82) is 0 Å². The molecule has 3 aromatic heterocycles. The fourth-order valence-electron chi connectivity index (χ4n) is 3.70. The predicted molar refractivity (Wildman–Crippen MR) is 113 cm³/mol. The lowest BCUT2D eigenvalue weighted by atomic mass is 9.95. The Kier molecular flexibility index (Phi) is 6.05. The van der Waals surface area contributed by atoms with Crippen molar-refractivity contribution in [2.45, 2.75) is 44.9 Å². The van der Waals surface area contributed by atoms with Crippen LogP contribution in [0.5, 0.6) is 5.75 Å². The molecule has 4 rings (SSSR count). The molecule has 7 nitrogen and oxygen atoms in total. The fraction of sp³-hybridized carbons (Fsp3) is 0.409. The van der Waals surface area contributed by atoms with Gasteiger partial charge in [-0.05, 0) is 51.9 Å². The van der Waals surface area contributed by atoms with Crippen molar-refractivity contribution in [3.63, 3.8) is 0 Å². The van der Waals surface area contributed by atoms with Crippen molar-refractivity contribution in [2.24, 2.45) is 0 Å². The van der Waals surface area contributed by atoms with Crippen LogP contribution in [0.3, 0.4) is 0 Å². The van der Waals surface area contributed by atoms with Crippen LogP contribution < -0.4 is 15.4 Å². The number of nitrogens with zero attached hydrogens (tertiary/aromatic N) is 3. The van der Waals surface area contributed by atoms with E-state index >= 15 is 0 Å². The second-order valence-electron chi connectivity index (χ2n) is 8.03.